The lowest BCUT2D eigenvalue weighted by molar-refractivity contribution is 0.1000. The molecule has 0 aliphatic carbocycles. The second-order valence-electron chi connectivity index (χ2n) is 4.81. The second-order valence-corrected chi connectivity index (χ2v) is 5.72. The van der Waals surface area contributed by atoms with Crippen LogP contribution in [0.2, 0.25) is 0 Å². The molecular weight excluding hydrogens is 332 g/mol. The van der Waals surface area contributed by atoms with E-state index in [4.69, 9.17) is 10.2 Å². The van der Waals surface area contributed by atoms with E-state index in [0.717, 1.165) is 15.4 Å². The number of nitrogens with one attached hydrogen (secondary N) is 1. The number of carbonyl (C=O) groups excluding carboxylic acids is 1. The lowest BCUT2D eigenvalue weighted by Crippen LogP contribution is -2.12. The van der Waals surface area contributed by atoms with Crippen LogP contribution in [0.4, 0.5) is 11.4 Å². The zero-order valence-electron chi connectivity index (χ0n) is 11.3. The highest BCUT2D eigenvalue weighted by Gasteiger charge is 2.18. The number of nitrogen functional groups attached to an aromatic ring is 1. The molecule has 0 bridgehead atoms. The molecule has 0 aliphatic heterocycles. The van der Waals surface area contributed by atoms with Crippen LogP contribution in [0.25, 0.3) is 11.0 Å². The predicted octanol–water partition coefficient (Wildman–Crippen LogP) is 4.34. The fourth-order valence-corrected chi connectivity index (χ4v) is 2.44. The van der Waals surface area contributed by atoms with Crippen LogP contribution in [0.15, 0.2) is 51.4 Å². The Morgan fingerprint density at radius 3 is 2.62 bits per heavy atom. The van der Waals surface area contributed by atoms with Gasteiger partial charge in [0.2, 0.25) is 5.76 Å². The molecule has 0 fully saturated rings. The molecule has 1 amide bonds. The number of amides is 1. The molecule has 1 heterocycles. The van der Waals surface area contributed by atoms with E-state index in [1.165, 1.54) is 0 Å². The lowest BCUT2D eigenvalue weighted by Gasteiger charge is -2.03. The van der Waals surface area contributed by atoms with Gasteiger partial charge in [-0.2, -0.15) is 0 Å². The van der Waals surface area contributed by atoms with Crippen LogP contribution in [-0.2, 0) is 0 Å². The largest absolute Gasteiger partial charge is 0.449 e. The third-order valence-electron chi connectivity index (χ3n) is 3.20. The molecule has 3 N–H and O–H groups in total. The Balaban J connectivity index is 1.94. The summed E-state index contributed by atoms with van der Waals surface area (Å²) in [4.78, 5) is 12.3. The maximum Gasteiger partial charge on any atom is 0.293 e. The van der Waals surface area contributed by atoms with Crippen molar-refractivity contribution in [3.8, 4) is 0 Å². The first kappa shape index (κ1) is 13.7. The summed E-state index contributed by atoms with van der Waals surface area (Å²) in [5.41, 5.74) is 8.77. The molecule has 0 saturated heterocycles. The molecule has 5 heteroatoms. The number of hydrogen-bond donors (Lipinski definition) is 2. The van der Waals surface area contributed by atoms with Crippen molar-refractivity contribution >= 4 is 44.2 Å². The van der Waals surface area contributed by atoms with E-state index in [0.29, 0.717) is 17.0 Å². The quantitative estimate of drug-likeness (QED) is 0.726. The van der Waals surface area contributed by atoms with Crippen molar-refractivity contribution in [3.05, 3.63) is 58.3 Å². The van der Waals surface area contributed by atoms with E-state index in [-0.39, 0.29) is 11.7 Å². The summed E-state index contributed by atoms with van der Waals surface area (Å²) in [6.45, 7) is 1.99. The molecule has 2 aromatic carbocycles. The van der Waals surface area contributed by atoms with Crippen LogP contribution in [0.5, 0.6) is 0 Å². The molecule has 4 nitrogen and oxygen atoms in total. The first-order valence-electron chi connectivity index (χ1n) is 6.40. The van der Waals surface area contributed by atoms with E-state index >= 15 is 0 Å². The molecule has 0 unspecified atom stereocenters. The molecule has 21 heavy (non-hydrogen) atoms. The Kier molecular flexibility index (Phi) is 3.43. The van der Waals surface area contributed by atoms with E-state index in [2.05, 4.69) is 21.2 Å². The number of rotatable bonds is 2. The number of carbonyl (C=O) groups is 1. The minimum absolute atomic E-state index is 0.128. The molecule has 3 rings (SSSR count). The molecule has 0 spiro atoms. The summed E-state index contributed by atoms with van der Waals surface area (Å²) >= 11 is 3.38. The van der Waals surface area contributed by atoms with Crippen LogP contribution >= 0.6 is 15.9 Å². The van der Waals surface area contributed by atoms with Gasteiger partial charge in [-0.05, 0) is 37.3 Å². The fourth-order valence-electron chi connectivity index (χ4n) is 2.08. The highest BCUT2D eigenvalue weighted by Crippen LogP contribution is 2.31. The third kappa shape index (κ3) is 2.64. The van der Waals surface area contributed by atoms with Gasteiger partial charge >= 0.3 is 0 Å². The van der Waals surface area contributed by atoms with Crippen LogP contribution in [0, 0.1) is 6.92 Å². The van der Waals surface area contributed by atoms with Crippen molar-refractivity contribution in [2.75, 3.05) is 11.1 Å². The van der Waals surface area contributed by atoms with E-state index < -0.39 is 0 Å². The first-order valence-corrected chi connectivity index (χ1v) is 7.19. The average Bonchev–Trinajstić information content (AvgIpc) is 2.79. The maximum atomic E-state index is 12.3. The van der Waals surface area contributed by atoms with Gasteiger partial charge in [0.05, 0.1) is 5.69 Å². The van der Waals surface area contributed by atoms with Crippen LogP contribution in [0.3, 0.4) is 0 Å². The first-order chi connectivity index (χ1) is 10.0. The predicted molar refractivity (Wildman–Crippen MR) is 87.5 cm³/mol. The van der Waals surface area contributed by atoms with Crippen molar-refractivity contribution in [2.45, 2.75) is 6.92 Å². The van der Waals surface area contributed by atoms with Gasteiger partial charge in [0.1, 0.15) is 5.58 Å². The maximum absolute atomic E-state index is 12.3. The fraction of sp³-hybridized carbons (Fsp3) is 0.0625. The average molecular weight is 345 g/mol. The second kappa shape index (κ2) is 5.26. The minimum atomic E-state index is -0.358. The molecule has 0 saturated carbocycles. The van der Waals surface area contributed by atoms with Crippen molar-refractivity contribution in [1.82, 2.24) is 0 Å². The summed E-state index contributed by atoms with van der Waals surface area (Å²) in [7, 11) is 0. The number of hydrogen-bond acceptors (Lipinski definition) is 3. The van der Waals surface area contributed by atoms with Gasteiger partial charge in [-0.1, -0.05) is 33.6 Å². The number of halogens is 1. The van der Waals surface area contributed by atoms with Gasteiger partial charge in [-0.25, -0.2) is 0 Å². The zero-order chi connectivity index (χ0) is 15.0. The summed E-state index contributed by atoms with van der Waals surface area (Å²) in [5, 5.41) is 3.50. The molecule has 0 atom stereocenters. The number of nitrogens with two attached hydrogens (primary N) is 1. The van der Waals surface area contributed by atoms with Crippen LogP contribution in [-0.4, -0.2) is 5.91 Å². The SMILES string of the molecule is Cc1ccc(NC(=O)c2oc3ccc(Br)cc3c2N)cc1. The number of aryl methyl sites for hydroxylation is 1. The topological polar surface area (TPSA) is 68.3 Å². The third-order valence-corrected chi connectivity index (χ3v) is 3.70. The lowest BCUT2D eigenvalue weighted by atomic mass is 10.2. The summed E-state index contributed by atoms with van der Waals surface area (Å²) in [6.07, 6.45) is 0. The van der Waals surface area contributed by atoms with E-state index in [1.54, 1.807) is 6.07 Å². The van der Waals surface area contributed by atoms with Crippen molar-refractivity contribution in [1.29, 1.82) is 0 Å². The Labute approximate surface area is 130 Å². The minimum Gasteiger partial charge on any atom is -0.449 e. The van der Waals surface area contributed by atoms with Gasteiger partial charge in [-0.3, -0.25) is 4.79 Å². The van der Waals surface area contributed by atoms with Crippen molar-refractivity contribution in [3.63, 3.8) is 0 Å². The smallest absolute Gasteiger partial charge is 0.293 e. The number of furan rings is 1. The van der Waals surface area contributed by atoms with Crippen molar-refractivity contribution in [2.24, 2.45) is 0 Å². The number of anilines is 2. The van der Waals surface area contributed by atoms with Crippen LogP contribution < -0.4 is 11.1 Å². The molecule has 0 radical (unpaired) electrons. The highest BCUT2D eigenvalue weighted by atomic mass is 79.9. The van der Waals surface area contributed by atoms with Gasteiger partial charge in [0.15, 0.2) is 0 Å². The van der Waals surface area contributed by atoms with Gasteiger partial charge in [0, 0.05) is 15.5 Å². The van der Waals surface area contributed by atoms with E-state index in [1.807, 2.05) is 43.3 Å². The normalized spacial score (nSPS) is 10.8. The Bertz CT molecular complexity index is 822. The molecule has 1 aromatic heterocycles. The zero-order valence-corrected chi connectivity index (χ0v) is 12.9. The number of fused-ring (bicyclic) bond motifs is 1. The summed E-state index contributed by atoms with van der Waals surface area (Å²) < 4.78 is 6.44. The van der Waals surface area contributed by atoms with Gasteiger partial charge in [-0.15, -0.1) is 0 Å². The Hall–Kier alpha value is -2.27. The van der Waals surface area contributed by atoms with Crippen molar-refractivity contribution < 1.29 is 9.21 Å². The molecular formula is C16H13BrN2O2. The Morgan fingerprint density at radius 1 is 1.19 bits per heavy atom. The number of benzene rings is 2. The molecule has 3 aromatic rings. The summed E-state index contributed by atoms with van der Waals surface area (Å²) in [5.74, 6) is -0.229. The summed E-state index contributed by atoms with van der Waals surface area (Å²) in [6, 6.07) is 13.0. The monoisotopic (exact) mass is 344 g/mol. The van der Waals surface area contributed by atoms with Gasteiger partial charge < -0.3 is 15.5 Å². The highest BCUT2D eigenvalue weighted by molar-refractivity contribution is 9.10. The van der Waals surface area contributed by atoms with E-state index in [9.17, 15) is 4.79 Å². The van der Waals surface area contributed by atoms with Gasteiger partial charge in [0.25, 0.3) is 5.91 Å². The molecule has 0 aliphatic rings. The standard InChI is InChI=1S/C16H13BrN2O2/c1-9-2-5-11(6-3-9)19-16(20)15-14(18)12-8-10(17)4-7-13(12)21-15/h2-8H,18H2,1H3,(H,19,20). The van der Waals surface area contributed by atoms with Crippen LogP contribution in [0.1, 0.15) is 16.1 Å². The molecule has 106 valence electrons. The Morgan fingerprint density at radius 2 is 1.90 bits per heavy atom.